The number of rotatable bonds is 4. The van der Waals surface area contributed by atoms with Gasteiger partial charge in [-0.15, -0.1) is 0 Å². The van der Waals surface area contributed by atoms with Crippen molar-refractivity contribution in [3.63, 3.8) is 0 Å². The molecule has 0 aliphatic carbocycles. The Morgan fingerprint density at radius 3 is 2.11 bits per heavy atom. The lowest BCUT2D eigenvalue weighted by molar-refractivity contribution is -0.133. The van der Waals surface area contributed by atoms with Crippen LogP contribution in [-0.4, -0.2) is 11.8 Å². The lowest BCUT2D eigenvalue weighted by Crippen LogP contribution is -2.29. The molecule has 3 aromatic carbocycles. The third-order valence-electron chi connectivity index (χ3n) is 3.95. The zero-order valence-electron chi connectivity index (χ0n) is 15.2. The minimum atomic E-state index is -0.764. The highest BCUT2D eigenvalue weighted by Crippen LogP contribution is 2.29. The number of aryl methyl sites for hydroxylation is 2. The van der Waals surface area contributed by atoms with Gasteiger partial charge >= 0.3 is 11.8 Å². The van der Waals surface area contributed by atoms with Gasteiger partial charge in [-0.25, -0.2) is 0 Å². The van der Waals surface area contributed by atoms with Crippen LogP contribution in [0.1, 0.15) is 11.1 Å². The molecule has 0 atom stereocenters. The Bertz CT molecular complexity index is 968. The molecule has 2 N–H and O–H groups in total. The molecule has 5 heteroatoms. The van der Waals surface area contributed by atoms with E-state index >= 15 is 0 Å². The molecule has 0 heterocycles. The maximum absolute atomic E-state index is 12.3. The molecule has 0 spiro atoms. The summed E-state index contributed by atoms with van der Waals surface area (Å²) in [6.07, 6.45) is 0. The molecule has 0 saturated heterocycles. The largest absolute Gasteiger partial charge is 0.455 e. The zero-order valence-corrected chi connectivity index (χ0v) is 15.2. The molecule has 0 saturated carbocycles. The highest BCUT2D eigenvalue weighted by Gasteiger charge is 2.17. The third-order valence-corrected chi connectivity index (χ3v) is 3.95. The summed E-state index contributed by atoms with van der Waals surface area (Å²) in [7, 11) is 0. The van der Waals surface area contributed by atoms with Crippen LogP contribution in [0.2, 0.25) is 0 Å². The summed E-state index contributed by atoms with van der Waals surface area (Å²) in [4.78, 5) is 24.6. The molecule has 0 aromatic heterocycles. The molecule has 0 bridgehead atoms. The SMILES string of the molecule is Cc1ccc(C)c(NC(=O)C(=O)Nc2ccccc2Oc2ccccc2)c1. The van der Waals surface area contributed by atoms with Crippen LogP contribution in [0, 0.1) is 13.8 Å². The predicted molar refractivity (Wildman–Crippen MR) is 106 cm³/mol. The van der Waals surface area contributed by atoms with Crippen LogP contribution < -0.4 is 15.4 Å². The van der Waals surface area contributed by atoms with Crippen molar-refractivity contribution in [1.82, 2.24) is 0 Å². The van der Waals surface area contributed by atoms with Crippen LogP contribution in [0.5, 0.6) is 11.5 Å². The Morgan fingerprint density at radius 2 is 1.37 bits per heavy atom. The van der Waals surface area contributed by atoms with Gasteiger partial charge in [0, 0.05) is 5.69 Å². The fraction of sp³-hybridized carbons (Fsp3) is 0.0909. The number of hydrogen-bond donors (Lipinski definition) is 2. The molecular weight excluding hydrogens is 340 g/mol. The lowest BCUT2D eigenvalue weighted by Gasteiger charge is -2.13. The van der Waals surface area contributed by atoms with Gasteiger partial charge in [0.25, 0.3) is 0 Å². The number of para-hydroxylation sites is 3. The molecule has 3 aromatic rings. The number of amides is 2. The van der Waals surface area contributed by atoms with E-state index in [9.17, 15) is 9.59 Å². The lowest BCUT2D eigenvalue weighted by atomic mass is 10.1. The molecule has 0 unspecified atom stereocenters. The van der Waals surface area contributed by atoms with Crippen molar-refractivity contribution >= 4 is 23.2 Å². The Balaban J connectivity index is 1.72. The fourth-order valence-corrected chi connectivity index (χ4v) is 2.50. The van der Waals surface area contributed by atoms with E-state index in [1.165, 1.54) is 0 Å². The Hall–Kier alpha value is -3.60. The first-order valence-electron chi connectivity index (χ1n) is 8.54. The summed E-state index contributed by atoms with van der Waals surface area (Å²) in [6.45, 7) is 3.79. The second-order valence-corrected chi connectivity index (χ2v) is 6.14. The molecule has 3 rings (SSSR count). The van der Waals surface area contributed by atoms with Gasteiger partial charge in [-0.3, -0.25) is 9.59 Å². The van der Waals surface area contributed by atoms with Gasteiger partial charge in [-0.05, 0) is 55.3 Å². The monoisotopic (exact) mass is 360 g/mol. The van der Waals surface area contributed by atoms with Crippen LogP contribution in [0.25, 0.3) is 0 Å². The number of anilines is 2. The van der Waals surface area contributed by atoms with Crippen molar-refractivity contribution in [3.05, 3.63) is 83.9 Å². The summed E-state index contributed by atoms with van der Waals surface area (Å²) < 4.78 is 5.80. The van der Waals surface area contributed by atoms with E-state index in [4.69, 9.17) is 4.74 Å². The normalized spacial score (nSPS) is 10.1. The smallest absolute Gasteiger partial charge is 0.314 e. The average molecular weight is 360 g/mol. The van der Waals surface area contributed by atoms with E-state index < -0.39 is 11.8 Å². The van der Waals surface area contributed by atoms with Crippen molar-refractivity contribution in [2.24, 2.45) is 0 Å². The Labute approximate surface area is 158 Å². The summed E-state index contributed by atoms with van der Waals surface area (Å²) in [6, 6.07) is 21.9. The highest BCUT2D eigenvalue weighted by atomic mass is 16.5. The van der Waals surface area contributed by atoms with E-state index in [0.29, 0.717) is 22.9 Å². The standard InChI is InChI=1S/C22H20N2O3/c1-15-12-13-16(2)19(14-15)24-22(26)21(25)23-18-10-6-7-11-20(18)27-17-8-4-3-5-9-17/h3-14H,1-2H3,(H,23,25)(H,24,26). The average Bonchev–Trinajstić information content (AvgIpc) is 2.67. The summed E-state index contributed by atoms with van der Waals surface area (Å²) in [5.74, 6) is -0.408. The minimum Gasteiger partial charge on any atom is -0.455 e. The minimum absolute atomic E-state index is 0.419. The second-order valence-electron chi connectivity index (χ2n) is 6.14. The van der Waals surface area contributed by atoms with Crippen LogP contribution in [0.3, 0.4) is 0 Å². The molecule has 27 heavy (non-hydrogen) atoms. The molecule has 0 aliphatic heterocycles. The second kappa shape index (κ2) is 8.19. The molecule has 2 amide bonds. The molecule has 0 radical (unpaired) electrons. The van der Waals surface area contributed by atoms with Crippen LogP contribution >= 0.6 is 0 Å². The Morgan fingerprint density at radius 1 is 0.741 bits per heavy atom. The highest BCUT2D eigenvalue weighted by molar-refractivity contribution is 6.43. The molecular formula is C22H20N2O3. The fourth-order valence-electron chi connectivity index (χ4n) is 2.50. The first-order valence-corrected chi connectivity index (χ1v) is 8.54. The molecule has 136 valence electrons. The summed E-state index contributed by atoms with van der Waals surface area (Å²) >= 11 is 0. The molecule has 0 aliphatic rings. The third kappa shape index (κ3) is 4.73. The predicted octanol–water partition coefficient (Wildman–Crippen LogP) is 4.67. The molecule has 5 nitrogen and oxygen atoms in total. The van der Waals surface area contributed by atoms with Crippen LogP contribution in [-0.2, 0) is 9.59 Å². The van der Waals surface area contributed by atoms with E-state index in [1.54, 1.807) is 24.3 Å². The summed E-state index contributed by atoms with van der Waals surface area (Å²) in [5.41, 5.74) is 2.92. The number of carbonyl (C=O) groups excluding carboxylic acids is 2. The van der Waals surface area contributed by atoms with Crippen molar-refractivity contribution < 1.29 is 14.3 Å². The van der Waals surface area contributed by atoms with Crippen molar-refractivity contribution in [2.45, 2.75) is 13.8 Å². The van der Waals surface area contributed by atoms with Gasteiger partial charge in [0.15, 0.2) is 5.75 Å². The zero-order chi connectivity index (χ0) is 19.2. The van der Waals surface area contributed by atoms with Gasteiger partial charge in [0.05, 0.1) is 5.69 Å². The Kier molecular flexibility index (Phi) is 5.52. The van der Waals surface area contributed by atoms with E-state index in [2.05, 4.69) is 10.6 Å². The van der Waals surface area contributed by atoms with Crippen molar-refractivity contribution in [1.29, 1.82) is 0 Å². The topological polar surface area (TPSA) is 67.4 Å². The first-order chi connectivity index (χ1) is 13.0. The van der Waals surface area contributed by atoms with Crippen LogP contribution in [0.15, 0.2) is 72.8 Å². The van der Waals surface area contributed by atoms with Crippen LogP contribution in [0.4, 0.5) is 11.4 Å². The number of carbonyl (C=O) groups is 2. The number of nitrogens with one attached hydrogen (secondary N) is 2. The van der Waals surface area contributed by atoms with Gasteiger partial charge in [-0.2, -0.15) is 0 Å². The molecule has 0 fully saturated rings. The van der Waals surface area contributed by atoms with E-state index in [0.717, 1.165) is 11.1 Å². The van der Waals surface area contributed by atoms with Gasteiger partial charge in [0.1, 0.15) is 5.75 Å². The van der Waals surface area contributed by atoms with E-state index in [-0.39, 0.29) is 0 Å². The maximum Gasteiger partial charge on any atom is 0.314 e. The van der Waals surface area contributed by atoms with Gasteiger partial charge in [0.2, 0.25) is 0 Å². The van der Waals surface area contributed by atoms with Gasteiger partial charge < -0.3 is 15.4 Å². The number of ether oxygens (including phenoxy) is 1. The van der Waals surface area contributed by atoms with E-state index in [1.807, 2.05) is 62.4 Å². The van der Waals surface area contributed by atoms with Gasteiger partial charge in [-0.1, -0.05) is 42.5 Å². The number of hydrogen-bond acceptors (Lipinski definition) is 3. The number of benzene rings is 3. The first kappa shape index (κ1) is 18.2. The maximum atomic E-state index is 12.3. The van der Waals surface area contributed by atoms with Crippen molar-refractivity contribution in [2.75, 3.05) is 10.6 Å². The summed E-state index contributed by atoms with van der Waals surface area (Å²) in [5, 5.41) is 5.26. The quantitative estimate of drug-likeness (QED) is 0.664. The van der Waals surface area contributed by atoms with Crippen molar-refractivity contribution in [3.8, 4) is 11.5 Å².